The molecule has 0 spiro atoms. The van der Waals surface area contributed by atoms with Gasteiger partial charge in [-0.3, -0.25) is 0 Å². The Morgan fingerprint density at radius 3 is 2.22 bits per heavy atom. The van der Waals surface area contributed by atoms with Crippen LogP contribution in [0.4, 0.5) is 11.4 Å². The molecule has 0 aliphatic heterocycles. The van der Waals surface area contributed by atoms with Crippen molar-refractivity contribution < 1.29 is 15.5 Å². The minimum Gasteiger partial charge on any atom is -0.503 e. The molecular formula is C13H13ClNO3+. The Bertz CT molecular complexity index is 567. The van der Waals surface area contributed by atoms with Crippen molar-refractivity contribution >= 4 is 23.0 Å². The van der Waals surface area contributed by atoms with Gasteiger partial charge in [0.25, 0.3) is 0 Å². The molecule has 0 fully saturated rings. The van der Waals surface area contributed by atoms with Crippen LogP contribution in [0.25, 0.3) is 0 Å². The van der Waals surface area contributed by atoms with Gasteiger partial charge in [-0.25, -0.2) is 0 Å². The number of quaternary nitrogens is 1. The van der Waals surface area contributed by atoms with Crippen molar-refractivity contribution in [3.63, 3.8) is 0 Å². The van der Waals surface area contributed by atoms with E-state index < -0.39 is 4.81 Å². The highest BCUT2D eigenvalue weighted by molar-refractivity contribution is 6.30. The van der Waals surface area contributed by atoms with E-state index in [1.54, 1.807) is 25.1 Å². The molecule has 0 heterocycles. The lowest BCUT2D eigenvalue weighted by molar-refractivity contribution is -0.245. The maximum absolute atomic E-state index is 10.1. The first-order chi connectivity index (χ1) is 8.41. The van der Waals surface area contributed by atoms with Crippen LogP contribution in [0, 0.1) is 6.92 Å². The van der Waals surface area contributed by atoms with Crippen LogP contribution in [-0.4, -0.2) is 15.5 Å². The smallest absolute Gasteiger partial charge is 0.247 e. The molecule has 5 heteroatoms. The predicted molar refractivity (Wildman–Crippen MR) is 69.3 cm³/mol. The van der Waals surface area contributed by atoms with Gasteiger partial charge in [-0.2, -0.15) is 10.4 Å². The number of halogens is 1. The minimum atomic E-state index is -1.52. The van der Waals surface area contributed by atoms with Crippen molar-refractivity contribution in [1.82, 2.24) is 4.81 Å². The Morgan fingerprint density at radius 2 is 1.61 bits per heavy atom. The van der Waals surface area contributed by atoms with Gasteiger partial charge in [-0.05, 0) is 30.7 Å². The van der Waals surface area contributed by atoms with Crippen LogP contribution in [0.1, 0.15) is 5.56 Å². The molecule has 2 rings (SSSR count). The largest absolute Gasteiger partial charge is 0.503 e. The fourth-order valence-corrected chi connectivity index (χ4v) is 1.80. The SMILES string of the molecule is Cc1ccc(O)c([N+](O)(O)c2ccc(Cl)cc2)c1. The van der Waals surface area contributed by atoms with E-state index in [1.807, 2.05) is 0 Å². The summed E-state index contributed by atoms with van der Waals surface area (Å²) in [7, 11) is 0. The van der Waals surface area contributed by atoms with E-state index in [2.05, 4.69) is 0 Å². The predicted octanol–water partition coefficient (Wildman–Crippen LogP) is 3.77. The molecule has 0 amide bonds. The van der Waals surface area contributed by atoms with Crippen molar-refractivity contribution in [2.45, 2.75) is 6.92 Å². The third-order valence-electron chi connectivity index (χ3n) is 2.65. The van der Waals surface area contributed by atoms with Gasteiger partial charge in [-0.15, -0.1) is 0 Å². The fourth-order valence-electron chi connectivity index (χ4n) is 1.67. The van der Waals surface area contributed by atoms with E-state index >= 15 is 0 Å². The summed E-state index contributed by atoms with van der Waals surface area (Å²) in [6.45, 7) is 1.80. The summed E-state index contributed by atoms with van der Waals surface area (Å²) in [5.74, 6) is -0.194. The zero-order valence-corrected chi connectivity index (χ0v) is 10.5. The maximum atomic E-state index is 10.1. The molecule has 0 saturated carbocycles. The third kappa shape index (κ3) is 2.32. The van der Waals surface area contributed by atoms with Gasteiger partial charge in [0.15, 0.2) is 5.75 Å². The number of hydrogen-bond donors (Lipinski definition) is 3. The number of phenolic OH excluding ortho intramolecular Hbond substituents is 1. The Balaban J connectivity index is 2.53. The second-order valence-electron chi connectivity index (χ2n) is 4.07. The van der Waals surface area contributed by atoms with Crippen molar-refractivity contribution in [2.75, 3.05) is 0 Å². The zero-order chi connectivity index (χ0) is 13.3. The summed E-state index contributed by atoms with van der Waals surface area (Å²) in [6, 6.07) is 10.6. The number of rotatable bonds is 2. The monoisotopic (exact) mass is 266 g/mol. The van der Waals surface area contributed by atoms with Gasteiger partial charge in [0.2, 0.25) is 11.4 Å². The van der Waals surface area contributed by atoms with E-state index in [9.17, 15) is 15.5 Å². The van der Waals surface area contributed by atoms with Crippen LogP contribution in [0.15, 0.2) is 42.5 Å². The van der Waals surface area contributed by atoms with Gasteiger partial charge in [-0.1, -0.05) is 17.7 Å². The summed E-state index contributed by atoms with van der Waals surface area (Å²) >= 11 is 5.74. The molecule has 0 saturated heterocycles. The molecule has 0 unspecified atom stereocenters. The highest BCUT2D eigenvalue weighted by atomic mass is 35.5. The number of phenols is 1. The van der Waals surface area contributed by atoms with Gasteiger partial charge < -0.3 is 5.11 Å². The lowest BCUT2D eigenvalue weighted by Crippen LogP contribution is -2.36. The molecule has 0 bridgehead atoms. The molecule has 0 atom stereocenters. The van der Waals surface area contributed by atoms with Gasteiger partial charge >= 0.3 is 0 Å². The lowest BCUT2D eigenvalue weighted by atomic mass is 10.2. The highest BCUT2D eigenvalue weighted by Crippen LogP contribution is 2.37. The topological polar surface area (TPSA) is 60.7 Å². The molecule has 2 aromatic rings. The molecule has 4 nitrogen and oxygen atoms in total. The van der Waals surface area contributed by atoms with Crippen LogP contribution in [0.2, 0.25) is 5.02 Å². The highest BCUT2D eigenvalue weighted by Gasteiger charge is 2.33. The van der Waals surface area contributed by atoms with Crippen molar-refractivity contribution in [2.24, 2.45) is 0 Å². The molecule has 0 radical (unpaired) electrons. The average Bonchev–Trinajstić information content (AvgIpc) is 2.32. The summed E-state index contributed by atoms with van der Waals surface area (Å²) < 4.78 is 0. The average molecular weight is 267 g/mol. The fraction of sp³-hybridized carbons (Fsp3) is 0.0769. The molecule has 94 valence electrons. The van der Waals surface area contributed by atoms with Crippen molar-refractivity contribution in [3.8, 4) is 5.75 Å². The number of aryl methyl sites for hydroxylation is 1. The van der Waals surface area contributed by atoms with E-state index in [-0.39, 0.29) is 17.1 Å². The molecular weight excluding hydrogens is 254 g/mol. The second-order valence-corrected chi connectivity index (χ2v) is 4.51. The standard InChI is InChI=1S/C13H12ClNO3/c1-9-2-7-13(16)12(8-9)15(17,18)11-5-3-10(14)4-6-11/h2-8,17-18H,1H3/p+1. The molecule has 2 aromatic carbocycles. The molecule has 0 aromatic heterocycles. The first-order valence-electron chi connectivity index (χ1n) is 5.32. The normalized spacial score (nSPS) is 11.6. The van der Waals surface area contributed by atoms with E-state index in [4.69, 9.17) is 11.6 Å². The van der Waals surface area contributed by atoms with Crippen LogP contribution in [-0.2, 0) is 0 Å². The molecule has 3 N–H and O–H groups in total. The minimum absolute atomic E-state index is 0.0164. The number of hydrogen-bond acceptors (Lipinski definition) is 3. The van der Waals surface area contributed by atoms with Crippen LogP contribution in [0.5, 0.6) is 5.75 Å². The van der Waals surface area contributed by atoms with Crippen molar-refractivity contribution in [3.05, 3.63) is 53.1 Å². The van der Waals surface area contributed by atoms with E-state index in [0.717, 1.165) is 5.56 Å². The van der Waals surface area contributed by atoms with Crippen molar-refractivity contribution in [1.29, 1.82) is 0 Å². The van der Waals surface area contributed by atoms with Crippen LogP contribution in [0.3, 0.4) is 0 Å². The lowest BCUT2D eigenvalue weighted by Gasteiger charge is -2.21. The number of benzene rings is 2. The quantitative estimate of drug-likeness (QED) is 0.573. The number of nitrogens with zero attached hydrogens (tertiary/aromatic N) is 1. The Morgan fingerprint density at radius 1 is 1.00 bits per heavy atom. The first kappa shape index (κ1) is 12.9. The third-order valence-corrected chi connectivity index (χ3v) is 2.91. The molecule has 0 aliphatic rings. The first-order valence-corrected chi connectivity index (χ1v) is 5.70. The molecule has 18 heavy (non-hydrogen) atoms. The summed E-state index contributed by atoms with van der Waals surface area (Å²) in [5.41, 5.74) is 0.972. The van der Waals surface area contributed by atoms with E-state index in [0.29, 0.717) is 5.02 Å². The Labute approximate surface area is 109 Å². The van der Waals surface area contributed by atoms with Gasteiger partial charge in [0.1, 0.15) is 0 Å². The zero-order valence-electron chi connectivity index (χ0n) is 9.71. The number of aromatic hydroxyl groups is 1. The van der Waals surface area contributed by atoms with Gasteiger partial charge in [0, 0.05) is 28.0 Å². The summed E-state index contributed by atoms with van der Waals surface area (Å²) in [6.07, 6.45) is 0. The van der Waals surface area contributed by atoms with E-state index in [1.165, 1.54) is 24.3 Å². The van der Waals surface area contributed by atoms with Gasteiger partial charge in [0.05, 0.1) is 0 Å². The molecule has 0 aliphatic carbocycles. The maximum Gasteiger partial charge on any atom is 0.247 e. The summed E-state index contributed by atoms with van der Waals surface area (Å²) in [4.78, 5) is -1.52. The van der Waals surface area contributed by atoms with Crippen LogP contribution >= 0.6 is 11.6 Å². The Hall–Kier alpha value is -1.59. The Kier molecular flexibility index (Phi) is 3.28. The summed E-state index contributed by atoms with van der Waals surface area (Å²) in [5, 5.41) is 30.5. The second kappa shape index (κ2) is 4.59. The van der Waals surface area contributed by atoms with Crippen LogP contribution < -0.4 is 4.81 Å².